The van der Waals surface area contributed by atoms with E-state index in [1.54, 1.807) is 24.3 Å². The maximum atomic E-state index is 12.0. The van der Waals surface area contributed by atoms with Crippen molar-refractivity contribution < 1.29 is 23.8 Å². The summed E-state index contributed by atoms with van der Waals surface area (Å²) < 4.78 is 10.3. The van der Waals surface area contributed by atoms with Crippen LogP contribution in [-0.2, 0) is 20.7 Å². The minimum Gasteiger partial charge on any atom is -0.508 e. The van der Waals surface area contributed by atoms with E-state index in [0.29, 0.717) is 27.2 Å². The van der Waals surface area contributed by atoms with Gasteiger partial charge in [0.05, 0.1) is 12.7 Å². The van der Waals surface area contributed by atoms with Gasteiger partial charge < -0.3 is 19.6 Å². The summed E-state index contributed by atoms with van der Waals surface area (Å²) in [6, 6.07) is 9.76. The van der Waals surface area contributed by atoms with Crippen molar-refractivity contribution in [1.29, 1.82) is 0 Å². The van der Waals surface area contributed by atoms with Crippen molar-refractivity contribution in [2.75, 3.05) is 11.9 Å². The maximum absolute atomic E-state index is 12.0. The van der Waals surface area contributed by atoms with Crippen LogP contribution in [0, 0.1) is 6.92 Å². The first-order valence-corrected chi connectivity index (χ1v) is 8.21. The Morgan fingerprint density at radius 1 is 1.23 bits per heavy atom. The maximum Gasteiger partial charge on any atom is 0.310 e. The third-order valence-electron chi connectivity index (χ3n) is 3.81. The smallest absolute Gasteiger partial charge is 0.310 e. The number of amides is 1. The number of aryl methyl sites for hydroxylation is 1. The van der Waals surface area contributed by atoms with Gasteiger partial charge in [0.15, 0.2) is 6.61 Å². The van der Waals surface area contributed by atoms with Crippen LogP contribution < -0.4 is 5.32 Å². The van der Waals surface area contributed by atoms with E-state index in [1.165, 1.54) is 18.4 Å². The number of hydrogen-bond acceptors (Lipinski definition) is 5. The number of fused-ring (bicyclic) bond motifs is 1. The number of aromatic hydroxyl groups is 1. The van der Waals surface area contributed by atoms with E-state index < -0.39 is 18.5 Å². The van der Waals surface area contributed by atoms with Gasteiger partial charge in [-0.05, 0) is 36.8 Å². The molecule has 0 saturated carbocycles. The summed E-state index contributed by atoms with van der Waals surface area (Å²) >= 11 is 5.90. The molecule has 0 aliphatic heterocycles. The molecule has 0 unspecified atom stereocenters. The Balaban J connectivity index is 1.56. The van der Waals surface area contributed by atoms with Gasteiger partial charge >= 0.3 is 5.97 Å². The van der Waals surface area contributed by atoms with Crippen LogP contribution in [0.4, 0.5) is 5.69 Å². The van der Waals surface area contributed by atoms with E-state index >= 15 is 0 Å². The molecule has 2 aromatic carbocycles. The lowest BCUT2D eigenvalue weighted by molar-refractivity contribution is -0.146. The molecular weight excluding hydrogens is 358 g/mol. The number of benzene rings is 2. The number of ether oxygens (including phenoxy) is 1. The van der Waals surface area contributed by atoms with Crippen molar-refractivity contribution in [3.8, 4) is 5.75 Å². The zero-order valence-corrected chi connectivity index (χ0v) is 14.7. The Morgan fingerprint density at radius 2 is 2.04 bits per heavy atom. The number of esters is 1. The fourth-order valence-electron chi connectivity index (χ4n) is 2.48. The van der Waals surface area contributed by atoms with E-state index in [-0.39, 0.29) is 12.2 Å². The van der Waals surface area contributed by atoms with Crippen molar-refractivity contribution in [2.45, 2.75) is 13.3 Å². The van der Waals surface area contributed by atoms with E-state index in [1.807, 2.05) is 6.92 Å². The molecule has 1 aromatic heterocycles. The fourth-order valence-corrected chi connectivity index (χ4v) is 2.65. The van der Waals surface area contributed by atoms with Crippen LogP contribution in [0.25, 0.3) is 11.0 Å². The van der Waals surface area contributed by atoms with E-state index in [2.05, 4.69) is 5.32 Å². The Bertz CT molecular complexity index is 979. The second kappa shape index (κ2) is 7.49. The zero-order chi connectivity index (χ0) is 18.7. The van der Waals surface area contributed by atoms with Crippen LogP contribution in [0.3, 0.4) is 0 Å². The van der Waals surface area contributed by atoms with Gasteiger partial charge in [-0.2, -0.15) is 0 Å². The Labute approximate surface area is 154 Å². The van der Waals surface area contributed by atoms with E-state index in [0.717, 1.165) is 5.56 Å². The molecule has 1 amide bonds. The minimum absolute atomic E-state index is 0.0404. The first-order valence-electron chi connectivity index (χ1n) is 7.83. The largest absolute Gasteiger partial charge is 0.508 e. The lowest BCUT2D eigenvalue weighted by Gasteiger charge is -2.09. The highest BCUT2D eigenvalue weighted by Crippen LogP contribution is 2.25. The summed E-state index contributed by atoms with van der Waals surface area (Å²) in [5, 5.41) is 13.3. The van der Waals surface area contributed by atoms with Crippen molar-refractivity contribution in [3.63, 3.8) is 0 Å². The molecule has 2 N–H and O–H groups in total. The van der Waals surface area contributed by atoms with Gasteiger partial charge in [-0.15, -0.1) is 0 Å². The molecule has 0 spiro atoms. The highest BCUT2D eigenvalue weighted by atomic mass is 35.5. The standard InChI is InChI=1S/C19H16ClNO5/c1-11-2-3-13(20)7-16(11)21-18(23)10-26-19(24)6-12-9-25-17-8-14(22)4-5-15(12)17/h2-5,7-9,22H,6,10H2,1H3,(H,21,23). The van der Waals surface area contributed by atoms with Gasteiger partial charge in [-0.1, -0.05) is 17.7 Å². The predicted octanol–water partition coefficient (Wildman–Crippen LogP) is 3.82. The molecule has 0 bridgehead atoms. The van der Waals surface area contributed by atoms with Gasteiger partial charge in [0.1, 0.15) is 11.3 Å². The van der Waals surface area contributed by atoms with Crippen LogP contribution in [0.1, 0.15) is 11.1 Å². The van der Waals surface area contributed by atoms with Crippen molar-refractivity contribution in [2.24, 2.45) is 0 Å². The van der Waals surface area contributed by atoms with Crippen molar-refractivity contribution in [1.82, 2.24) is 0 Å². The number of halogens is 1. The van der Waals surface area contributed by atoms with Gasteiger partial charge in [0.25, 0.3) is 5.91 Å². The van der Waals surface area contributed by atoms with Crippen LogP contribution in [0.5, 0.6) is 5.75 Å². The number of carbonyl (C=O) groups excluding carboxylic acids is 2. The molecule has 7 heteroatoms. The first-order chi connectivity index (χ1) is 12.4. The predicted molar refractivity (Wildman–Crippen MR) is 97.4 cm³/mol. The summed E-state index contributed by atoms with van der Waals surface area (Å²) in [5.74, 6) is -0.932. The number of phenols is 1. The normalized spacial score (nSPS) is 10.7. The summed E-state index contributed by atoms with van der Waals surface area (Å²) in [6.07, 6.45) is 1.39. The van der Waals surface area contributed by atoms with Gasteiger partial charge in [-0.25, -0.2) is 0 Å². The Kier molecular flexibility index (Phi) is 5.14. The second-order valence-electron chi connectivity index (χ2n) is 5.79. The SMILES string of the molecule is Cc1ccc(Cl)cc1NC(=O)COC(=O)Cc1coc2cc(O)ccc12. The summed E-state index contributed by atoms with van der Waals surface area (Å²) in [7, 11) is 0. The van der Waals surface area contributed by atoms with E-state index in [4.69, 9.17) is 20.8 Å². The minimum atomic E-state index is -0.557. The third kappa shape index (κ3) is 4.15. The zero-order valence-electron chi connectivity index (χ0n) is 13.9. The highest BCUT2D eigenvalue weighted by Gasteiger charge is 2.14. The van der Waals surface area contributed by atoms with Crippen molar-refractivity contribution in [3.05, 3.63) is 58.8 Å². The molecule has 0 radical (unpaired) electrons. The highest BCUT2D eigenvalue weighted by molar-refractivity contribution is 6.31. The average Bonchev–Trinajstić information content (AvgIpc) is 2.98. The lowest BCUT2D eigenvalue weighted by Crippen LogP contribution is -2.22. The summed E-state index contributed by atoms with van der Waals surface area (Å²) in [6.45, 7) is 1.43. The second-order valence-corrected chi connectivity index (χ2v) is 6.22. The lowest BCUT2D eigenvalue weighted by atomic mass is 10.1. The number of furan rings is 1. The fraction of sp³-hybridized carbons (Fsp3) is 0.158. The number of nitrogens with one attached hydrogen (secondary N) is 1. The van der Waals surface area contributed by atoms with Crippen LogP contribution >= 0.6 is 11.6 Å². The molecule has 6 nitrogen and oxygen atoms in total. The molecule has 0 saturated heterocycles. The van der Waals surface area contributed by atoms with Crippen LogP contribution in [0.2, 0.25) is 5.02 Å². The number of carbonyl (C=O) groups is 2. The molecule has 0 aliphatic carbocycles. The third-order valence-corrected chi connectivity index (χ3v) is 4.05. The quantitative estimate of drug-likeness (QED) is 0.663. The van der Waals surface area contributed by atoms with E-state index in [9.17, 15) is 14.7 Å². The number of phenolic OH excluding ortho intramolecular Hbond substituents is 1. The molecule has 3 aromatic rings. The monoisotopic (exact) mass is 373 g/mol. The van der Waals surface area contributed by atoms with Crippen LogP contribution in [0.15, 0.2) is 47.1 Å². The molecule has 134 valence electrons. The topological polar surface area (TPSA) is 88.8 Å². The van der Waals surface area contributed by atoms with Gasteiger partial charge in [0.2, 0.25) is 0 Å². The molecule has 0 aliphatic rings. The molecule has 0 fully saturated rings. The molecule has 1 heterocycles. The van der Waals surface area contributed by atoms with Gasteiger partial charge in [0, 0.05) is 27.7 Å². The average molecular weight is 374 g/mol. The molecule has 0 atom stereocenters. The number of rotatable bonds is 5. The Morgan fingerprint density at radius 3 is 2.85 bits per heavy atom. The first kappa shape index (κ1) is 17.8. The van der Waals surface area contributed by atoms with Gasteiger partial charge in [-0.3, -0.25) is 9.59 Å². The number of anilines is 1. The summed E-state index contributed by atoms with van der Waals surface area (Å²) in [4.78, 5) is 23.9. The molecular formula is C19H16ClNO5. The van der Waals surface area contributed by atoms with Crippen LogP contribution in [-0.4, -0.2) is 23.6 Å². The summed E-state index contributed by atoms with van der Waals surface area (Å²) in [5.41, 5.74) is 2.51. The molecule has 26 heavy (non-hydrogen) atoms. The number of hydrogen-bond donors (Lipinski definition) is 2. The Hall–Kier alpha value is -2.99. The molecule has 3 rings (SSSR count). The van der Waals surface area contributed by atoms with Crippen molar-refractivity contribution >= 4 is 40.1 Å².